The SMILES string of the molecule is CC1CCCC(CN)N1c1ncc([N+](=O)[O-])cc1Cl. The van der Waals surface area contributed by atoms with Gasteiger partial charge in [-0.2, -0.15) is 0 Å². The van der Waals surface area contributed by atoms with E-state index in [9.17, 15) is 10.1 Å². The quantitative estimate of drug-likeness (QED) is 0.680. The molecule has 0 spiro atoms. The Morgan fingerprint density at radius 2 is 2.37 bits per heavy atom. The van der Waals surface area contributed by atoms with Gasteiger partial charge < -0.3 is 10.6 Å². The molecule has 0 amide bonds. The van der Waals surface area contributed by atoms with Gasteiger partial charge in [-0.05, 0) is 26.2 Å². The molecule has 1 aliphatic heterocycles. The summed E-state index contributed by atoms with van der Waals surface area (Å²) in [6.45, 7) is 2.63. The molecule has 2 atom stereocenters. The molecule has 0 aliphatic carbocycles. The third kappa shape index (κ3) is 2.79. The number of anilines is 1. The van der Waals surface area contributed by atoms with E-state index in [2.05, 4.69) is 16.8 Å². The van der Waals surface area contributed by atoms with Gasteiger partial charge in [-0.15, -0.1) is 0 Å². The number of piperidine rings is 1. The van der Waals surface area contributed by atoms with Crippen LogP contribution in [0.2, 0.25) is 5.02 Å². The van der Waals surface area contributed by atoms with Crippen molar-refractivity contribution in [1.29, 1.82) is 0 Å². The van der Waals surface area contributed by atoms with Crippen LogP contribution in [-0.4, -0.2) is 28.5 Å². The first-order chi connectivity index (χ1) is 9.04. The second-order valence-electron chi connectivity index (χ2n) is 4.83. The Bertz CT molecular complexity index is 483. The zero-order valence-electron chi connectivity index (χ0n) is 10.8. The van der Waals surface area contributed by atoms with E-state index in [1.54, 1.807) is 0 Å². The van der Waals surface area contributed by atoms with E-state index < -0.39 is 4.92 Å². The first-order valence-corrected chi connectivity index (χ1v) is 6.70. The molecule has 1 fully saturated rings. The zero-order chi connectivity index (χ0) is 14.0. The largest absolute Gasteiger partial charge is 0.348 e. The zero-order valence-corrected chi connectivity index (χ0v) is 11.5. The summed E-state index contributed by atoms with van der Waals surface area (Å²) in [6, 6.07) is 1.82. The summed E-state index contributed by atoms with van der Waals surface area (Å²) in [5.74, 6) is 0.593. The number of halogens is 1. The topological polar surface area (TPSA) is 85.3 Å². The highest BCUT2D eigenvalue weighted by Crippen LogP contribution is 2.33. The van der Waals surface area contributed by atoms with Gasteiger partial charge in [-0.1, -0.05) is 11.6 Å². The maximum atomic E-state index is 10.7. The van der Waals surface area contributed by atoms with Crippen molar-refractivity contribution in [2.24, 2.45) is 5.73 Å². The van der Waals surface area contributed by atoms with E-state index in [4.69, 9.17) is 17.3 Å². The lowest BCUT2D eigenvalue weighted by atomic mass is 9.96. The van der Waals surface area contributed by atoms with E-state index in [1.807, 2.05) is 0 Å². The standard InChI is InChI=1S/C12H17ClN4O2/c1-8-3-2-4-9(6-14)16(8)12-11(13)5-10(7-15-12)17(18)19/h5,7-9H,2-4,6,14H2,1H3. The molecule has 2 rings (SSSR count). The van der Waals surface area contributed by atoms with Crippen LogP contribution in [0.3, 0.4) is 0 Å². The number of nitrogens with zero attached hydrogens (tertiary/aromatic N) is 3. The third-order valence-corrected chi connectivity index (χ3v) is 3.84. The molecule has 2 unspecified atom stereocenters. The van der Waals surface area contributed by atoms with Crippen molar-refractivity contribution in [1.82, 2.24) is 4.98 Å². The van der Waals surface area contributed by atoms with Crippen molar-refractivity contribution >= 4 is 23.1 Å². The molecule has 104 valence electrons. The minimum atomic E-state index is -0.497. The Hall–Kier alpha value is -1.40. The van der Waals surface area contributed by atoms with Gasteiger partial charge in [0.2, 0.25) is 0 Å². The molecule has 1 aromatic rings. The van der Waals surface area contributed by atoms with Crippen LogP contribution in [0.5, 0.6) is 0 Å². The third-order valence-electron chi connectivity index (χ3n) is 3.56. The van der Waals surface area contributed by atoms with Gasteiger partial charge in [0.25, 0.3) is 5.69 Å². The molecule has 0 radical (unpaired) electrons. The van der Waals surface area contributed by atoms with Crippen LogP contribution in [0.25, 0.3) is 0 Å². The molecule has 6 nitrogen and oxygen atoms in total. The fourth-order valence-corrected chi connectivity index (χ4v) is 2.87. The van der Waals surface area contributed by atoms with Crippen molar-refractivity contribution in [3.8, 4) is 0 Å². The molecular weight excluding hydrogens is 268 g/mol. The predicted octanol–water partition coefficient (Wildman–Crippen LogP) is 2.35. The monoisotopic (exact) mass is 284 g/mol. The van der Waals surface area contributed by atoms with Crippen LogP contribution in [0.15, 0.2) is 12.3 Å². The average Bonchev–Trinajstić information content (AvgIpc) is 2.38. The smallest absolute Gasteiger partial charge is 0.289 e. The van der Waals surface area contributed by atoms with Crippen molar-refractivity contribution in [2.45, 2.75) is 38.3 Å². The summed E-state index contributed by atoms with van der Waals surface area (Å²) >= 11 is 6.14. The van der Waals surface area contributed by atoms with E-state index in [0.717, 1.165) is 19.3 Å². The molecule has 1 aromatic heterocycles. The Morgan fingerprint density at radius 1 is 1.63 bits per heavy atom. The van der Waals surface area contributed by atoms with Crippen molar-refractivity contribution < 1.29 is 4.92 Å². The molecule has 2 N–H and O–H groups in total. The van der Waals surface area contributed by atoms with Gasteiger partial charge in [0.05, 0.1) is 9.95 Å². The van der Waals surface area contributed by atoms with Crippen LogP contribution in [0, 0.1) is 10.1 Å². The average molecular weight is 285 g/mol. The predicted molar refractivity (Wildman–Crippen MR) is 74.5 cm³/mol. The summed E-state index contributed by atoms with van der Waals surface area (Å²) in [5.41, 5.74) is 5.71. The maximum Gasteiger partial charge on any atom is 0.289 e. The van der Waals surface area contributed by atoms with Crippen molar-refractivity contribution in [2.75, 3.05) is 11.4 Å². The molecule has 0 aromatic carbocycles. The fraction of sp³-hybridized carbons (Fsp3) is 0.583. The Labute approximate surface area is 116 Å². The molecule has 7 heteroatoms. The van der Waals surface area contributed by atoms with Gasteiger partial charge in [0.15, 0.2) is 0 Å². The summed E-state index contributed by atoms with van der Waals surface area (Å²) in [7, 11) is 0. The molecule has 1 aliphatic rings. The van der Waals surface area contributed by atoms with Gasteiger partial charge in [0, 0.05) is 24.7 Å². The summed E-state index contributed by atoms with van der Waals surface area (Å²) in [6.07, 6.45) is 4.42. The van der Waals surface area contributed by atoms with Crippen LogP contribution in [0.1, 0.15) is 26.2 Å². The van der Waals surface area contributed by atoms with E-state index in [0.29, 0.717) is 17.4 Å². The number of hydrogen-bond donors (Lipinski definition) is 1. The minimum Gasteiger partial charge on any atom is -0.348 e. The normalized spacial score (nSPS) is 23.4. The van der Waals surface area contributed by atoms with Gasteiger partial charge in [-0.25, -0.2) is 4.98 Å². The summed E-state index contributed by atoms with van der Waals surface area (Å²) in [4.78, 5) is 16.5. The lowest BCUT2D eigenvalue weighted by Crippen LogP contribution is -2.49. The number of nitrogens with two attached hydrogens (primary N) is 1. The minimum absolute atomic E-state index is 0.0947. The number of nitro groups is 1. The molecule has 1 saturated heterocycles. The molecule has 19 heavy (non-hydrogen) atoms. The lowest BCUT2D eigenvalue weighted by Gasteiger charge is -2.41. The second kappa shape index (κ2) is 5.71. The number of rotatable bonds is 3. The first kappa shape index (κ1) is 14.0. The van der Waals surface area contributed by atoms with Crippen molar-refractivity contribution in [3.05, 3.63) is 27.4 Å². The number of hydrogen-bond acceptors (Lipinski definition) is 5. The highest BCUT2D eigenvalue weighted by Gasteiger charge is 2.30. The summed E-state index contributed by atoms with van der Waals surface area (Å²) < 4.78 is 0. The first-order valence-electron chi connectivity index (χ1n) is 6.33. The molecule has 0 saturated carbocycles. The van der Waals surface area contributed by atoms with Gasteiger partial charge in [0.1, 0.15) is 12.0 Å². The fourth-order valence-electron chi connectivity index (χ4n) is 2.61. The molecule has 0 bridgehead atoms. The van der Waals surface area contributed by atoms with E-state index >= 15 is 0 Å². The second-order valence-corrected chi connectivity index (χ2v) is 5.24. The van der Waals surface area contributed by atoms with Gasteiger partial charge in [-0.3, -0.25) is 10.1 Å². The van der Waals surface area contributed by atoms with E-state index in [-0.39, 0.29) is 17.8 Å². The van der Waals surface area contributed by atoms with Crippen LogP contribution < -0.4 is 10.6 Å². The highest BCUT2D eigenvalue weighted by molar-refractivity contribution is 6.33. The number of pyridine rings is 1. The van der Waals surface area contributed by atoms with Crippen molar-refractivity contribution in [3.63, 3.8) is 0 Å². The van der Waals surface area contributed by atoms with Crippen LogP contribution in [0.4, 0.5) is 11.5 Å². The Kier molecular flexibility index (Phi) is 4.21. The summed E-state index contributed by atoms with van der Waals surface area (Å²) in [5, 5.41) is 11.0. The van der Waals surface area contributed by atoms with Crippen LogP contribution in [-0.2, 0) is 0 Å². The molecular formula is C12H17ClN4O2. The number of aromatic nitrogens is 1. The maximum absolute atomic E-state index is 10.7. The Balaban J connectivity index is 2.36. The molecule has 2 heterocycles. The van der Waals surface area contributed by atoms with E-state index in [1.165, 1.54) is 12.3 Å². The van der Waals surface area contributed by atoms with Gasteiger partial charge >= 0.3 is 0 Å². The lowest BCUT2D eigenvalue weighted by molar-refractivity contribution is -0.385. The Morgan fingerprint density at radius 3 is 2.95 bits per heavy atom. The highest BCUT2D eigenvalue weighted by atomic mass is 35.5. The van der Waals surface area contributed by atoms with Crippen LogP contribution >= 0.6 is 11.6 Å².